The lowest BCUT2D eigenvalue weighted by molar-refractivity contribution is 0.112. The van der Waals surface area contributed by atoms with Gasteiger partial charge in [0.2, 0.25) is 0 Å². The first kappa shape index (κ1) is 11.3. The Hall–Kier alpha value is -2.17. The summed E-state index contributed by atoms with van der Waals surface area (Å²) in [6.07, 6.45) is 2.15. The Balaban J connectivity index is 2.56. The number of aryl methyl sites for hydroxylation is 1. The normalized spacial score (nSPS) is 10.3. The number of methoxy groups -OCH3 is 1. The summed E-state index contributed by atoms with van der Waals surface area (Å²) in [6, 6.07) is 4.53. The summed E-state index contributed by atoms with van der Waals surface area (Å²) in [7, 11) is 3.10. The summed E-state index contributed by atoms with van der Waals surface area (Å²) >= 11 is 0. The summed E-state index contributed by atoms with van der Waals surface area (Å²) in [6.45, 7) is 0. The van der Waals surface area contributed by atoms with Gasteiger partial charge in [-0.2, -0.15) is 5.10 Å². The minimum absolute atomic E-state index is 0.170. The molecule has 0 saturated heterocycles. The Kier molecular flexibility index (Phi) is 2.91. The first-order valence-corrected chi connectivity index (χ1v) is 4.98. The van der Waals surface area contributed by atoms with E-state index in [2.05, 4.69) is 5.10 Å². The molecule has 0 saturated carbocycles. The van der Waals surface area contributed by atoms with Crippen molar-refractivity contribution in [2.75, 3.05) is 7.11 Å². The van der Waals surface area contributed by atoms with Crippen LogP contribution in [0.4, 0.5) is 4.39 Å². The van der Waals surface area contributed by atoms with Gasteiger partial charge in [0.1, 0.15) is 0 Å². The average Bonchev–Trinajstić information content (AvgIpc) is 2.70. The van der Waals surface area contributed by atoms with Crippen molar-refractivity contribution in [1.82, 2.24) is 9.78 Å². The van der Waals surface area contributed by atoms with E-state index in [1.165, 1.54) is 30.1 Å². The molecule has 4 nitrogen and oxygen atoms in total. The van der Waals surface area contributed by atoms with Crippen molar-refractivity contribution in [3.05, 3.63) is 35.8 Å². The van der Waals surface area contributed by atoms with E-state index in [0.717, 1.165) is 0 Å². The maximum Gasteiger partial charge on any atom is 0.165 e. The van der Waals surface area contributed by atoms with Crippen LogP contribution in [0.3, 0.4) is 0 Å². The van der Waals surface area contributed by atoms with E-state index >= 15 is 0 Å². The molecular weight excluding hydrogens is 223 g/mol. The summed E-state index contributed by atoms with van der Waals surface area (Å²) < 4.78 is 19.9. The number of ether oxygens (including phenoxy) is 1. The smallest absolute Gasteiger partial charge is 0.165 e. The third-order valence-electron chi connectivity index (χ3n) is 2.52. The topological polar surface area (TPSA) is 44.1 Å². The molecular formula is C12H11FN2O2. The number of halogens is 1. The van der Waals surface area contributed by atoms with Gasteiger partial charge in [-0.05, 0) is 18.2 Å². The van der Waals surface area contributed by atoms with Crippen LogP contribution in [-0.2, 0) is 7.05 Å². The Morgan fingerprint density at radius 2 is 2.24 bits per heavy atom. The van der Waals surface area contributed by atoms with Crippen LogP contribution in [0.5, 0.6) is 5.75 Å². The fourth-order valence-electron chi connectivity index (χ4n) is 1.71. The second kappa shape index (κ2) is 4.37. The molecule has 0 unspecified atom stereocenters. The first-order valence-electron chi connectivity index (χ1n) is 4.98. The fraction of sp³-hybridized carbons (Fsp3) is 0.167. The van der Waals surface area contributed by atoms with E-state index in [0.29, 0.717) is 23.1 Å². The Labute approximate surface area is 97.6 Å². The highest BCUT2D eigenvalue weighted by molar-refractivity contribution is 5.85. The van der Waals surface area contributed by atoms with Gasteiger partial charge in [0.25, 0.3) is 0 Å². The maximum atomic E-state index is 13.6. The lowest BCUT2D eigenvalue weighted by Gasteiger charge is -2.06. The predicted molar refractivity (Wildman–Crippen MR) is 60.5 cm³/mol. The van der Waals surface area contributed by atoms with Crippen molar-refractivity contribution in [2.45, 2.75) is 0 Å². The molecule has 2 aromatic rings. The SMILES string of the molecule is COc1ccc(-c2c(C=O)cnn2C)cc1F. The molecule has 0 aliphatic rings. The number of hydrogen-bond donors (Lipinski definition) is 0. The van der Waals surface area contributed by atoms with Crippen molar-refractivity contribution < 1.29 is 13.9 Å². The van der Waals surface area contributed by atoms with Crippen LogP contribution in [0.25, 0.3) is 11.3 Å². The van der Waals surface area contributed by atoms with Crippen LogP contribution in [0.2, 0.25) is 0 Å². The van der Waals surface area contributed by atoms with Gasteiger partial charge in [0.15, 0.2) is 17.9 Å². The van der Waals surface area contributed by atoms with Gasteiger partial charge in [-0.25, -0.2) is 4.39 Å². The number of hydrogen-bond acceptors (Lipinski definition) is 3. The number of carbonyl (C=O) groups excluding carboxylic acids is 1. The number of rotatable bonds is 3. The molecule has 88 valence electrons. The Morgan fingerprint density at radius 1 is 1.47 bits per heavy atom. The second-order valence-electron chi connectivity index (χ2n) is 3.54. The van der Waals surface area contributed by atoms with Gasteiger partial charge >= 0.3 is 0 Å². The zero-order valence-corrected chi connectivity index (χ0v) is 9.48. The number of aldehydes is 1. The molecule has 0 N–H and O–H groups in total. The fourth-order valence-corrected chi connectivity index (χ4v) is 1.71. The van der Waals surface area contributed by atoms with Crippen molar-refractivity contribution in [3.8, 4) is 17.0 Å². The van der Waals surface area contributed by atoms with Gasteiger partial charge in [-0.3, -0.25) is 9.48 Å². The molecule has 0 atom stereocenters. The molecule has 0 amide bonds. The lowest BCUT2D eigenvalue weighted by Crippen LogP contribution is -1.96. The minimum atomic E-state index is -0.469. The van der Waals surface area contributed by atoms with E-state index in [-0.39, 0.29) is 5.75 Å². The van der Waals surface area contributed by atoms with E-state index in [1.54, 1.807) is 13.1 Å². The quantitative estimate of drug-likeness (QED) is 0.763. The van der Waals surface area contributed by atoms with Crippen LogP contribution in [0, 0.1) is 5.82 Å². The van der Waals surface area contributed by atoms with Crippen LogP contribution in [-0.4, -0.2) is 23.2 Å². The van der Waals surface area contributed by atoms with E-state index in [1.807, 2.05) is 0 Å². The Bertz CT molecular complexity index is 564. The third-order valence-corrected chi connectivity index (χ3v) is 2.52. The molecule has 5 heteroatoms. The van der Waals surface area contributed by atoms with Crippen LogP contribution in [0.1, 0.15) is 10.4 Å². The zero-order chi connectivity index (χ0) is 12.4. The second-order valence-corrected chi connectivity index (χ2v) is 3.54. The average molecular weight is 234 g/mol. The predicted octanol–water partition coefficient (Wildman–Crippen LogP) is 2.05. The van der Waals surface area contributed by atoms with Gasteiger partial charge in [-0.1, -0.05) is 0 Å². The molecule has 0 spiro atoms. The van der Waals surface area contributed by atoms with Crippen LogP contribution in [0.15, 0.2) is 24.4 Å². The van der Waals surface area contributed by atoms with Crippen LogP contribution < -0.4 is 4.74 Å². The maximum absolute atomic E-state index is 13.6. The molecule has 0 aliphatic carbocycles. The number of nitrogens with zero attached hydrogens (tertiary/aromatic N) is 2. The van der Waals surface area contributed by atoms with Gasteiger partial charge in [-0.15, -0.1) is 0 Å². The summed E-state index contributed by atoms with van der Waals surface area (Å²) in [4.78, 5) is 10.9. The van der Waals surface area contributed by atoms with Gasteiger partial charge in [0, 0.05) is 12.6 Å². The third kappa shape index (κ3) is 1.91. The minimum Gasteiger partial charge on any atom is -0.494 e. The monoisotopic (exact) mass is 234 g/mol. The number of carbonyl (C=O) groups is 1. The molecule has 17 heavy (non-hydrogen) atoms. The van der Waals surface area contributed by atoms with E-state index < -0.39 is 5.82 Å². The number of benzene rings is 1. The standard InChI is InChI=1S/C12H11FN2O2/c1-15-12(9(7-16)6-14-15)8-3-4-11(17-2)10(13)5-8/h3-7H,1-2H3. The summed E-state index contributed by atoms with van der Waals surface area (Å²) in [5, 5.41) is 3.97. The molecule has 0 radical (unpaired) electrons. The lowest BCUT2D eigenvalue weighted by atomic mass is 10.1. The number of aromatic nitrogens is 2. The summed E-state index contributed by atoms with van der Waals surface area (Å²) in [5.74, 6) is -0.299. The van der Waals surface area contributed by atoms with Crippen molar-refractivity contribution in [1.29, 1.82) is 0 Å². The molecule has 1 aromatic heterocycles. The molecule has 0 aliphatic heterocycles. The van der Waals surface area contributed by atoms with Crippen molar-refractivity contribution in [3.63, 3.8) is 0 Å². The first-order chi connectivity index (χ1) is 8.17. The van der Waals surface area contributed by atoms with Gasteiger partial charge in [0.05, 0.1) is 24.6 Å². The molecule has 1 heterocycles. The molecule has 2 rings (SSSR count). The summed E-state index contributed by atoms with van der Waals surface area (Å²) in [5.41, 5.74) is 1.60. The van der Waals surface area contributed by atoms with Crippen molar-refractivity contribution >= 4 is 6.29 Å². The highest BCUT2D eigenvalue weighted by Crippen LogP contribution is 2.26. The Morgan fingerprint density at radius 3 is 2.82 bits per heavy atom. The highest BCUT2D eigenvalue weighted by Gasteiger charge is 2.12. The largest absolute Gasteiger partial charge is 0.494 e. The van der Waals surface area contributed by atoms with Crippen molar-refractivity contribution in [2.24, 2.45) is 7.05 Å². The molecule has 0 fully saturated rings. The zero-order valence-electron chi connectivity index (χ0n) is 9.48. The highest BCUT2D eigenvalue weighted by atomic mass is 19.1. The molecule has 1 aromatic carbocycles. The van der Waals surface area contributed by atoms with Gasteiger partial charge < -0.3 is 4.74 Å². The molecule has 0 bridgehead atoms. The van der Waals surface area contributed by atoms with E-state index in [9.17, 15) is 9.18 Å². The van der Waals surface area contributed by atoms with E-state index in [4.69, 9.17) is 4.74 Å². The van der Waals surface area contributed by atoms with Crippen LogP contribution >= 0.6 is 0 Å².